The summed E-state index contributed by atoms with van der Waals surface area (Å²) in [4.78, 5) is 13.9. The van der Waals surface area contributed by atoms with Gasteiger partial charge in [-0.3, -0.25) is 0 Å². The Kier molecular flexibility index (Phi) is 4.40. The number of esters is 1. The Bertz CT molecular complexity index is 387. The maximum atomic E-state index is 11.0. The van der Waals surface area contributed by atoms with E-state index in [0.717, 1.165) is 0 Å². The fourth-order valence-electron chi connectivity index (χ4n) is 0.860. The van der Waals surface area contributed by atoms with Crippen molar-refractivity contribution in [3.8, 4) is 5.75 Å². The summed E-state index contributed by atoms with van der Waals surface area (Å²) in [5, 5.41) is 17.6. The summed E-state index contributed by atoms with van der Waals surface area (Å²) < 4.78 is 4.39. The predicted octanol–water partition coefficient (Wildman–Crippen LogP) is -1.33. The van der Waals surface area contributed by atoms with Gasteiger partial charge in [-0.25, -0.2) is 4.79 Å². The van der Waals surface area contributed by atoms with Gasteiger partial charge in [0.05, 0.1) is 13.2 Å². The van der Waals surface area contributed by atoms with Crippen LogP contribution in [0.25, 0.3) is 4.98 Å². The molecule has 6 heteroatoms. The third kappa shape index (κ3) is 2.34. The molecule has 0 amide bonds. The minimum atomic E-state index is -0.678. The molecule has 1 rings (SSSR count). The first-order valence-corrected chi connectivity index (χ1v) is 3.45. The topological polar surface area (TPSA) is 74.7 Å². The Morgan fingerprint density at radius 3 is 2.71 bits per heavy atom. The largest absolute Gasteiger partial charge is 1.00 e. The van der Waals surface area contributed by atoms with Crippen molar-refractivity contribution in [1.29, 1.82) is 5.39 Å². The number of diazo groups is 1. The number of phenolic OH excluding ortho intramolecular Hbond substituents is 1. The zero-order valence-electron chi connectivity index (χ0n) is 7.27. The van der Waals surface area contributed by atoms with Crippen LogP contribution in [0.5, 0.6) is 5.75 Å². The van der Waals surface area contributed by atoms with Gasteiger partial charge in [0.15, 0.2) is 4.98 Å². The van der Waals surface area contributed by atoms with E-state index in [1.54, 1.807) is 0 Å². The van der Waals surface area contributed by atoms with Crippen LogP contribution >= 0.6 is 0 Å². The van der Waals surface area contributed by atoms with Crippen LogP contribution in [-0.2, 0) is 4.74 Å². The van der Waals surface area contributed by atoms with Crippen molar-refractivity contribution in [3.63, 3.8) is 0 Å². The molecule has 0 saturated carbocycles. The molecule has 0 unspecified atom stereocenters. The van der Waals surface area contributed by atoms with Gasteiger partial charge in [0.1, 0.15) is 11.3 Å². The van der Waals surface area contributed by atoms with E-state index in [0.29, 0.717) is 0 Å². The van der Waals surface area contributed by atoms with E-state index >= 15 is 0 Å². The number of hydrogen-bond acceptors (Lipinski definition) is 4. The number of hydrogen-bond donors (Lipinski definition) is 1. The standard InChI is InChI=1S/C8H6N2O3.ClH/c1-13-8(12)6-4-5(10-9)2-3-7(6)11;/h2-4H,1H3;1H. The number of ether oxygens (including phenoxy) is 1. The molecule has 0 aromatic heterocycles. The van der Waals surface area contributed by atoms with Crippen LogP contribution in [0.4, 0.5) is 5.69 Å². The molecule has 74 valence electrons. The van der Waals surface area contributed by atoms with E-state index in [1.807, 2.05) is 0 Å². The van der Waals surface area contributed by atoms with E-state index in [-0.39, 0.29) is 29.4 Å². The number of benzene rings is 1. The summed E-state index contributed by atoms with van der Waals surface area (Å²) in [5.41, 5.74) is 0.149. The molecular weight excluding hydrogens is 208 g/mol. The Balaban J connectivity index is 0.00000169. The second-order valence-corrected chi connectivity index (χ2v) is 2.29. The SMILES string of the molecule is COC(=O)c1cc([N+]#N)ccc1O.[Cl-]. The predicted molar refractivity (Wildman–Crippen MR) is 44.2 cm³/mol. The molecule has 14 heavy (non-hydrogen) atoms. The van der Waals surface area contributed by atoms with Crippen molar-refractivity contribution < 1.29 is 27.0 Å². The number of nitrogens with zero attached hydrogens (tertiary/aromatic N) is 2. The van der Waals surface area contributed by atoms with Gasteiger partial charge < -0.3 is 22.3 Å². The van der Waals surface area contributed by atoms with E-state index in [9.17, 15) is 9.90 Å². The smallest absolute Gasteiger partial charge is 0.386 e. The minimum absolute atomic E-state index is 0. The summed E-state index contributed by atoms with van der Waals surface area (Å²) in [6, 6.07) is 3.84. The van der Waals surface area contributed by atoms with Crippen LogP contribution in [0.1, 0.15) is 10.4 Å². The van der Waals surface area contributed by atoms with Crippen molar-refractivity contribution >= 4 is 11.7 Å². The van der Waals surface area contributed by atoms with Crippen molar-refractivity contribution in [2.75, 3.05) is 7.11 Å². The lowest BCUT2D eigenvalue weighted by Gasteiger charge is -1.98. The molecule has 0 atom stereocenters. The zero-order chi connectivity index (χ0) is 9.84. The van der Waals surface area contributed by atoms with Gasteiger partial charge in [-0.15, -0.1) is 0 Å². The first kappa shape index (κ1) is 12.2. The fourth-order valence-corrected chi connectivity index (χ4v) is 0.860. The molecule has 0 aliphatic carbocycles. The summed E-state index contributed by atoms with van der Waals surface area (Å²) in [6.07, 6.45) is 0. The van der Waals surface area contributed by atoms with Crippen LogP contribution in [0.15, 0.2) is 18.2 Å². The van der Waals surface area contributed by atoms with Crippen LogP contribution in [0, 0.1) is 5.39 Å². The first-order valence-electron chi connectivity index (χ1n) is 3.45. The monoisotopic (exact) mass is 214 g/mol. The van der Waals surface area contributed by atoms with E-state index in [2.05, 4.69) is 9.71 Å². The Hall–Kier alpha value is -1.80. The normalized spacial score (nSPS) is 8.29. The van der Waals surface area contributed by atoms with Gasteiger partial charge in [0.2, 0.25) is 5.39 Å². The molecular formula is C8H7ClN2O3. The second-order valence-electron chi connectivity index (χ2n) is 2.29. The molecule has 0 fully saturated rings. The second kappa shape index (κ2) is 5.04. The molecule has 0 saturated heterocycles. The third-order valence-electron chi connectivity index (χ3n) is 1.50. The van der Waals surface area contributed by atoms with Gasteiger partial charge in [-0.1, -0.05) is 0 Å². The highest BCUT2D eigenvalue weighted by Gasteiger charge is 2.16. The van der Waals surface area contributed by atoms with Crippen LogP contribution in [0.3, 0.4) is 0 Å². The van der Waals surface area contributed by atoms with Gasteiger partial charge in [-0.05, 0) is 6.07 Å². The molecule has 5 nitrogen and oxygen atoms in total. The molecule has 1 N–H and O–H groups in total. The van der Waals surface area contributed by atoms with E-state index < -0.39 is 5.97 Å². The maximum Gasteiger partial charge on any atom is 0.386 e. The van der Waals surface area contributed by atoms with Crippen LogP contribution < -0.4 is 12.4 Å². The highest BCUT2D eigenvalue weighted by molar-refractivity contribution is 5.93. The molecule has 0 aliphatic rings. The molecule has 1 aromatic rings. The maximum absolute atomic E-state index is 11.0. The molecule has 0 radical (unpaired) electrons. The number of phenols is 1. The van der Waals surface area contributed by atoms with Gasteiger partial charge in [-0.2, -0.15) is 0 Å². The van der Waals surface area contributed by atoms with Gasteiger partial charge in [0, 0.05) is 6.07 Å². The number of carbonyl (C=O) groups excluding carboxylic acids is 1. The Morgan fingerprint density at radius 1 is 1.57 bits per heavy atom. The summed E-state index contributed by atoms with van der Waals surface area (Å²) in [6.45, 7) is 0. The first-order chi connectivity index (χ1) is 6.19. The van der Waals surface area contributed by atoms with E-state index in [1.165, 1.54) is 25.3 Å². The fraction of sp³-hybridized carbons (Fsp3) is 0.125. The Labute approximate surface area is 86.3 Å². The number of methoxy groups -OCH3 is 1. The highest BCUT2D eigenvalue weighted by atomic mass is 35.5. The summed E-state index contributed by atoms with van der Waals surface area (Å²) in [7, 11) is 1.20. The lowest BCUT2D eigenvalue weighted by atomic mass is 10.2. The zero-order valence-corrected chi connectivity index (χ0v) is 8.02. The average Bonchev–Trinajstić information content (AvgIpc) is 2.17. The van der Waals surface area contributed by atoms with Crippen LogP contribution in [-0.4, -0.2) is 18.2 Å². The van der Waals surface area contributed by atoms with E-state index in [4.69, 9.17) is 5.39 Å². The number of rotatable bonds is 1. The van der Waals surface area contributed by atoms with Crippen molar-refractivity contribution in [2.45, 2.75) is 0 Å². The highest BCUT2D eigenvalue weighted by Crippen LogP contribution is 2.23. The van der Waals surface area contributed by atoms with Gasteiger partial charge >= 0.3 is 11.7 Å². The number of halogens is 1. The lowest BCUT2D eigenvalue weighted by molar-refractivity contribution is -0.0000193. The quantitative estimate of drug-likeness (QED) is 0.464. The lowest BCUT2D eigenvalue weighted by Crippen LogP contribution is -3.00. The van der Waals surface area contributed by atoms with Crippen molar-refractivity contribution in [3.05, 3.63) is 28.7 Å². The minimum Gasteiger partial charge on any atom is -1.00 e. The van der Waals surface area contributed by atoms with Crippen molar-refractivity contribution in [2.24, 2.45) is 0 Å². The molecule has 0 heterocycles. The van der Waals surface area contributed by atoms with Gasteiger partial charge in [0.25, 0.3) is 0 Å². The Morgan fingerprint density at radius 2 is 2.21 bits per heavy atom. The summed E-state index contributed by atoms with van der Waals surface area (Å²) >= 11 is 0. The molecule has 1 aromatic carbocycles. The molecule has 0 aliphatic heterocycles. The van der Waals surface area contributed by atoms with Crippen LogP contribution in [0.2, 0.25) is 0 Å². The third-order valence-corrected chi connectivity index (χ3v) is 1.50. The molecule has 0 bridgehead atoms. The average molecular weight is 215 g/mol. The summed E-state index contributed by atoms with van der Waals surface area (Å²) in [5.74, 6) is -0.887. The molecule has 0 spiro atoms. The number of aromatic hydroxyl groups is 1. The van der Waals surface area contributed by atoms with Crippen molar-refractivity contribution in [1.82, 2.24) is 0 Å². The number of carbonyl (C=O) groups is 1.